The van der Waals surface area contributed by atoms with E-state index in [4.69, 9.17) is 4.74 Å². The van der Waals surface area contributed by atoms with Crippen LogP contribution in [0, 0.1) is 0 Å². The number of ether oxygens (including phenoxy) is 1. The van der Waals surface area contributed by atoms with E-state index < -0.39 is 0 Å². The van der Waals surface area contributed by atoms with Gasteiger partial charge in [0.25, 0.3) is 0 Å². The Bertz CT molecular complexity index is 107. The van der Waals surface area contributed by atoms with Crippen molar-refractivity contribution >= 4 is 0 Å². The van der Waals surface area contributed by atoms with Crippen LogP contribution >= 0.6 is 0 Å². The second-order valence-corrected chi connectivity index (χ2v) is 3.91. The first-order valence-electron chi connectivity index (χ1n) is 5.70. The molecule has 0 unspecified atom stereocenters. The minimum atomic E-state index is 0.608. The molecule has 0 fully saturated rings. The molecular formula is C11H26N2O. The van der Waals surface area contributed by atoms with Crippen molar-refractivity contribution in [3.8, 4) is 0 Å². The topological polar surface area (TPSA) is 33.3 Å². The first kappa shape index (κ1) is 13.9. The summed E-state index contributed by atoms with van der Waals surface area (Å²) in [5, 5.41) is 6.82. The molecule has 14 heavy (non-hydrogen) atoms. The van der Waals surface area contributed by atoms with E-state index in [1.54, 1.807) is 7.11 Å². The smallest absolute Gasteiger partial charge is 0.0462 e. The number of nitrogens with one attached hydrogen (secondary N) is 2. The van der Waals surface area contributed by atoms with E-state index in [9.17, 15) is 0 Å². The van der Waals surface area contributed by atoms with Crippen LogP contribution in [0.1, 0.15) is 33.1 Å². The fraction of sp³-hybridized carbons (Fsp3) is 1.00. The van der Waals surface area contributed by atoms with Gasteiger partial charge in [-0.3, -0.25) is 0 Å². The molecule has 0 aliphatic heterocycles. The van der Waals surface area contributed by atoms with Gasteiger partial charge in [-0.1, -0.05) is 13.8 Å². The van der Waals surface area contributed by atoms with Gasteiger partial charge in [-0.25, -0.2) is 0 Å². The molecular weight excluding hydrogens is 176 g/mol. The van der Waals surface area contributed by atoms with Crippen LogP contribution in [0.25, 0.3) is 0 Å². The van der Waals surface area contributed by atoms with Gasteiger partial charge in [0.2, 0.25) is 0 Å². The SMILES string of the molecule is COCCCCNCCCNC(C)C. The Labute approximate surface area is 88.6 Å². The monoisotopic (exact) mass is 202 g/mol. The molecule has 0 aromatic carbocycles. The molecule has 3 nitrogen and oxygen atoms in total. The van der Waals surface area contributed by atoms with Crippen molar-refractivity contribution in [3.05, 3.63) is 0 Å². The molecule has 2 N–H and O–H groups in total. The second-order valence-electron chi connectivity index (χ2n) is 3.91. The Hall–Kier alpha value is -0.120. The Morgan fingerprint density at radius 2 is 1.71 bits per heavy atom. The lowest BCUT2D eigenvalue weighted by Gasteiger charge is -2.08. The largest absolute Gasteiger partial charge is 0.385 e. The number of rotatable bonds is 10. The zero-order chi connectivity index (χ0) is 10.6. The molecule has 0 saturated carbocycles. The van der Waals surface area contributed by atoms with Crippen LogP contribution in [0.3, 0.4) is 0 Å². The van der Waals surface area contributed by atoms with Crippen LogP contribution in [0.15, 0.2) is 0 Å². The van der Waals surface area contributed by atoms with Crippen LogP contribution in [-0.2, 0) is 4.74 Å². The summed E-state index contributed by atoms with van der Waals surface area (Å²) in [6.07, 6.45) is 3.58. The molecule has 0 heterocycles. The number of hydrogen-bond acceptors (Lipinski definition) is 3. The maximum Gasteiger partial charge on any atom is 0.0462 e. The van der Waals surface area contributed by atoms with Crippen molar-refractivity contribution in [1.29, 1.82) is 0 Å². The van der Waals surface area contributed by atoms with E-state index in [2.05, 4.69) is 24.5 Å². The summed E-state index contributed by atoms with van der Waals surface area (Å²) in [5.41, 5.74) is 0. The van der Waals surface area contributed by atoms with Gasteiger partial charge in [0.1, 0.15) is 0 Å². The van der Waals surface area contributed by atoms with Crippen molar-refractivity contribution in [3.63, 3.8) is 0 Å². The van der Waals surface area contributed by atoms with E-state index >= 15 is 0 Å². The van der Waals surface area contributed by atoms with Gasteiger partial charge in [0, 0.05) is 19.8 Å². The third-order valence-corrected chi connectivity index (χ3v) is 2.03. The van der Waals surface area contributed by atoms with Crippen LogP contribution in [-0.4, -0.2) is 39.4 Å². The molecule has 0 aromatic rings. The zero-order valence-corrected chi connectivity index (χ0v) is 9.94. The Morgan fingerprint density at radius 1 is 1.00 bits per heavy atom. The van der Waals surface area contributed by atoms with Gasteiger partial charge >= 0.3 is 0 Å². The summed E-state index contributed by atoms with van der Waals surface area (Å²) >= 11 is 0. The van der Waals surface area contributed by atoms with Crippen LogP contribution in [0.4, 0.5) is 0 Å². The fourth-order valence-electron chi connectivity index (χ4n) is 1.23. The molecule has 0 saturated heterocycles. The Kier molecular flexibility index (Phi) is 10.9. The summed E-state index contributed by atoms with van der Waals surface area (Å²) in [5.74, 6) is 0. The zero-order valence-electron chi connectivity index (χ0n) is 9.94. The normalized spacial score (nSPS) is 11.1. The van der Waals surface area contributed by atoms with Gasteiger partial charge in [-0.2, -0.15) is 0 Å². The van der Waals surface area contributed by atoms with E-state index in [1.807, 2.05) is 0 Å². The highest BCUT2D eigenvalue weighted by atomic mass is 16.5. The minimum absolute atomic E-state index is 0.608. The molecule has 0 radical (unpaired) electrons. The molecule has 3 heteroatoms. The molecule has 86 valence electrons. The van der Waals surface area contributed by atoms with Gasteiger partial charge in [-0.05, 0) is 38.9 Å². The summed E-state index contributed by atoms with van der Waals surface area (Å²) < 4.78 is 4.98. The molecule has 0 aromatic heterocycles. The van der Waals surface area contributed by atoms with Gasteiger partial charge in [0.05, 0.1) is 0 Å². The maximum absolute atomic E-state index is 4.98. The molecule has 0 aliphatic rings. The molecule has 0 spiro atoms. The lowest BCUT2D eigenvalue weighted by molar-refractivity contribution is 0.192. The van der Waals surface area contributed by atoms with Crippen molar-refractivity contribution < 1.29 is 4.74 Å². The third-order valence-electron chi connectivity index (χ3n) is 2.03. The minimum Gasteiger partial charge on any atom is -0.385 e. The average molecular weight is 202 g/mol. The lowest BCUT2D eigenvalue weighted by atomic mass is 10.3. The standard InChI is InChI=1S/C11H26N2O/c1-11(2)13-9-6-8-12-7-4-5-10-14-3/h11-13H,4-10H2,1-3H3. The quantitative estimate of drug-likeness (QED) is 0.525. The van der Waals surface area contributed by atoms with E-state index in [0.717, 1.165) is 32.7 Å². The van der Waals surface area contributed by atoms with Gasteiger partial charge in [-0.15, -0.1) is 0 Å². The number of hydrogen-bond donors (Lipinski definition) is 2. The molecule has 0 amide bonds. The summed E-state index contributed by atoms with van der Waals surface area (Å²) in [7, 11) is 1.75. The lowest BCUT2D eigenvalue weighted by Crippen LogP contribution is -2.27. The predicted octanol–water partition coefficient (Wildman–Crippen LogP) is 1.39. The van der Waals surface area contributed by atoms with Gasteiger partial charge < -0.3 is 15.4 Å². The predicted molar refractivity (Wildman–Crippen MR) is 61.7 cm³/mol. The first-order chi connectivity index (χ1) is 6.77. The first-order valence-corrected chi connectivity index (χ1v) is 5.70. The van der Waals surface area contributed by atoms with E-state index in [-0.39, 0.29) is 0 Å². The fourth-order valence-corrected chi connectivity index (χ4v) is 1.23. The number of methoxy groups -OCH3 is 1. The summed E-state index contributed by atoms with van der Waals surface area (Å²) in [6, 6.07) is 0.608. The molecule has 0 bridgehead atoms. The molecule has 0 rings (SSSR count). The molecule has 0 atom stereocenters. The highest BCUT2D eigenvalue weighted by molar-refractivity contribution is 4.55. The van der Waals surface area contributed by atoms with E-state index in [1.165, 1.54) is 12.8 Å². The highest BCUT2D eigenvalue weighted by Crippen LogP contribution is 1.86. The van der Waals surface area contributed by atoms with Crippen molar-refractivity contribution in [2.75, 3.05) is 33.4 Å². The average Bonchev–Trinajstić information content (AvgIpc) is 2.15. The summed E-state index contributed by atoms with van der Waals surface area (Å²) in [4.78, 5) is 0. The van der Waals surface area contributed by atoms with Crippen LogP contribution < -0.4 is 10.6 Å². The van der Waals surface area contributed by atoms with Crippen LogP contribution in [0.2, 0.25) is 0 Å². The maximum atomic E-state index is 4.98. The van der Waals surface area contributed by atoms with Crippen molar-refractivity contribution in [1.82, 2.24) is 10.6 Å². The Morgan fingerprint density at radius 3 is 2.36 bits per heavy atom. The third kappa shape index (κ3) is 11.9. The van der Waals surface area contributed by atoms with Crippen molar-refractivity contribution in [2.45, 2.75) is 39.2 Å². The van der Waals surface area contributed by atoms with E-state index in [0.29, 0.717) is 6.04 Å². The number of unbranched alkanes of at least 4 members (excludes halogenated alkanes) is 1. The van der Waals surface area contributed by atoms with Gasteiger partial charge in [0.15, 0.2) is 0 Å². The Balaban J connectivity index is 2.85. The highest BCUT2D eigenvalue weighted by Gasteiger charge is 1.92. The second kappa shape index (κ2) is 11.0. The molecule has 0 aliphatic carbocycles. The summed E-state index contributed by atoms with van der Waals surface area (Å²) in [6.45, 7) is 8.59. The van der Waals surface area contributed by atoms with Crippen LogP contribution in [0.5, 0.6) is 0 Å². The van der Waals surface area contributed by atoms with Crippen molar-refractivity contribution in [2.24, 2.45) is 0 Å².